The highest BCUT2D eigenvalue weighted by Gasteiger charge is 2.09. The number of fused-ring (bicyclic) bond motifs is 1. The molecule has 3 rings (SSSR count). The number of aromatic nitrogens is 2. The van der Waals surface area contributed by atoms with E-state index in [-0.39, 0.29) is 30.2 Å². The number of thiophene rings is 1. The Labute approximate surface area is 145 Å². The van der Waals surface area contributed by atoms with Crippen LogP contribution in [0.3, 0.4) is 0 Å². The summed E-state index contributed by atoms with van der Waals surface area (Å²) in [5, 5.41) is 2.53. The third-order valence-electron chi connectivity index (χ3n) is 3.41. The average molecular weight is 367 g/mol. The van der Waals surface area contributed by atoms with Gasteiger partial charge in [-0.2, -0.15) is 0 Å². The Balaban J connectivity index is 1.58. The Morgan fingerprint density at radius 3 is 3.00 bits per heavy atom. The van der Waals surface area contributed by atoms with Crippen LogP contribution < -0.4 is 5.56 Å². The minimum Gasteiger partial charge on any atom is -0.461 e. The molecule has 2 aromatic heterocycles. The fourth-order valence-electron chi connectivity index (χ4n) is 2.13. The summed E-state index contributed by atoms with van der Waals surface area (Å²) in [6.07, 6.45) is 1.45. The molecule has 0 aliphatic heterocycles. The summed E-state index contributed by atoms with van der Waals surface area (Å²) in [4.78, 5) is 28.8. The van der Waals surface area contributed by atoms with E-state index in [4.69, 9.17) is 16.3 Å². The van der Waals surface area contributed by atoms with Gasteiger partial charge < -0.3 is 4.74 Å². The molecule has 2 heterocycles. The number of hydrogen-bond acceptors (Lipinski definition) is 5. The lowest BCUT2D eigenvalue weighted by molar-refractivity contribution is -0.145. The molecule has 0 saturated heterocycles. The van der Waals surface area contributed by atoms with Crippen molar-refractivity contribution < 1.29 is 13.9 Å². The van der Waals surface area contributed by atoms with Crippen molar-refractivity contribution in [3.05, 3.63) is 62.7 Å². The van der Waals surface area contributed by atoms with E-state index in [1.54, 1.807) is 11.4 Å². The molecule has 0 bridgehead atoms. The van der Waals surface area contributed by atoms with E-state index in [2.05, 4.69) is 4.98 Å². The van der Waals surface area contributed by atoms with E-state index in [9.17, 15) is 14.0 Å². The molecule has 5 nitrogen and oxygen atoms in total. The SMILES string of the molecule is O=C(CCn1cnc2sccc2c1=O)OCc1ccc(F)cc1Cl. The molecule has 8 heteroatoms. The lowest BCUT2D eigenvalue weighted by Crippen LogP contribution is -2.21. The van der Waals surface area contributed by atoms with Gasteiger partial charge in [-0.1, -0.05) is 17.7 Å². The van der Waals surface area contributed by atoms with Gasteiger partial charge >= 0.3 is 5.97 Å². The number of nitrogens with zero attached hydrogens (tertiary/aromatic N) is 2. The molecule has 0 spiro atoms. The van der Waals surface area contributed by atoms with Crippen molar-refractivity contribution in [1.29, 1.82) is 0 Å². The number of rotatable bonds is 5. The summed E-state index contributed by atoms with van der Waals surface area (Å²) >= 11 is 7.25. The molecule has 0 radical (unpaired) electrons. The number of ether oxygens (including phenoxy) is 1. The standard InChI is InChI=1S/C16H12ClFN2O3S/c17-13-7-11(18)2-1-10(13)8-23-14(21)3-5-20-9-19-15-12(16(20)22)4-6-24-15/h1-2,4,6-7,9H,3,5,8H2. The van der Waals surface area contributed by atoms with Crippen LogP contribution in [0.15, 0.2) is 40.8 Å². The molecule has 0 amide bonds. The highest BCUT2D eigenvalue weighted by Crippen LogP contribution is 2.18. The smallest absolute Gasteiger partial charge is 0.307 e. The third kappa shape index (κ3) is 3.63. The van der Waals surface area contributed by atoms with E-state index < -0.39 is 11.8 Å². The third-order valence-corrected chi connectivity index (χ3v) is 4.58. The fourth-order valence-corrected chi connectivity index (χ4v) is 3.08. The highest BCUT2D eigenvalue weighted by atomic mass is 35.5. The quantitative estimate of drug-likeness (QED) is 0.649. The number of aryl methyl sites for hydroxylation is 1. The second kappa shape index (κ2) is 7.11. The molecule has 3 aromatic rings. The molecule has 24 heavy (non-hydrogen) atoms. The lowest BCUT2D eigenvalue weighted by Gasteiger charge is -2.08. The first-order valence-electron chi connectivity index (χ1n) is 7.07. The maximum Gasteiger partial charge on any atom is 0.307 e. The van der Waals surface area contributed by atoms with Crippen LogP contribution in [0.4, 0.5) is 4.39 Å². The van der Waals surface area contributed by atoms with Crippen molar-refractivity contribution in [1.82, 2.24) is 9.55 Å². The zero-order valence-corrected chi connectivity index (χ0v) is 13.9. The summed E-state index contributed by atoms with van der Waals surface area (Å²) in [6.45, 7) is 0.127. The van der Waals surface area contributed by atoms with Crippen molar-refractivity contribution in [3.8, 4) is 0 Å². The van der Waals surface area contributed by atoms with E-state index in [1.807, 2.05) is 0 Å². The van der Waals surface area contributed by atoms with Gasteiger partial charge in [0.15, 0.2) is 0 Å². The Morgan fingerprint density at radius 1 is 1.38 bits per heavy atom. The zero-order valence-electron chi connectivity index (χ0n) is 12.4. The van der Waals surface area contributed by atoms with Crippen molar-refractivity contribution in [2.24, 2.45) is 0 Å². The molecule has 0 fully saturated rings. The monoisotopic (exact) mass is 366 g/mol. The van der Waals surface area contributed by atoms with Crippen LogP contribution in [0.2, 0.25) is 5.02 Å². The largest absolute Gasteiger partial charge is 0.461 e. The van der Waals surface area contributed by atoms with Crippen LogP contribution >= 0.6 is 22.9 Å². The molecule has 0 N–H and O–H groups in total. The minimum absolute atomic E-state index is 0.0239. The van der Waals surface area contributed by atoms with Gasteiger partial charge in [-0.25, -0.2) is 9.37 Å². The van der Waals surface area contributed by atoms with E-state index in [1.165, 1.54) is 34.4 Å². The zero-order chi connectivity index (χ0) is 17.1. The Kier molecular flexibility index (Phi) is 4.92. The number of esters is 1. The number of halogens is 2. The second-order valence-corrected chi connectivity index (χ2v) is 6.33. The van der Waals surface area contributed by atoms with Gasteiger partial charge in [0.1, 0.15) is 17.3 Å². The predicted octanol–water partition coefficient (Wildman–Crippen LogP) is 3.38. The lowest BCUT2D eigenvalue weighted by atomic mass is 10.2. The molecular weight excluding hydrogens is 355 g/mol. The van der Waals surface area contributed by atoms with Gasteiger partial charge in [0, 0.05) is 12.1 Å². The highest BCUT2D eigenvalue weighted by molar-refractivity contribution is 7.16. The average Bonchev–Trinajstić information content (AvgIpc) is 3.03. The number of carbonyl (C=O) groups excluding carboxylic acids is 1. The van der Waals surface area contributed by atoms with Crippen molar-refractivity contribution in [3.63, 3.8) is 0 Å². The summed E-state index contributed by atoms with van der Waals surface area (Å²) in [6, 6.07) is 5.58. The van der Waals surface area contributed by atoms with Crippen LogP contribution in [0.5, 0.6) is 0 Å². The van der Waals surface area contributed by atoms with Crippen molar-refractivity contribution >= 4 is 39.1 Å². The first-order valence-corrected chi connectivity index (χ1v) is 8.32. The van der Waals surface area contributed by atoms with Crippen molar-refractivity contribution in [2.75, 3.05) is 0 Å². The van der Waals surface area contributed by atoms with Crippen LogP contribution in [0.25, 0.3) is 10.2 Å². The molecular formula is C16H12ClFN2O3S. The Morgan fingerprint density at radius 2 is 2.21 bits per heavy atom. The number of hydrogen-bond donors (Lipinski definition) is 0. The van der Waals surface area contributed by atoms with E-state index in [0.29, 0.717) is 15.8 Å². The topological polar surface area (TPSA) is 61.2 Å². The normalized spacial score (nSPS) is 10.9. The Bertz CT molecular complexity index is 954. The van der Waals surface area contributed by atoms with E-state index >= 15 is 0 Å². The number of benzene rings is 1. The first-order chi connectivity index (χ1) is 11.5. The second-order valence-electron chi connectivity index (χ2n) is 5.03. The van der Waals surface area contributed by atoms with Crippen LogP contribution in [-0.2, 0) is 22.7 Å². The van der Waals surface area contributed by atoms with Gasteiger partial charge in [-0.05, 0) is 23.6 Å². The van der Waals surface area contributed by atoms with Gasteiger partial charge in [-0.3, -0.25) is 14.2 Å². The summed E-state index contributed by atoms with van der Waals surface area (Å²) in [5.74, 6) is -0.932. The van der Waals surface area contributed by atoms with Gasteiger partial charge in [0.25, 0.3) is 5.56 Å². The van der Waals surface area contributed by atoms with Crippen LogP contribution in [0, 0.1) is 5.82 Å². The molecule has 0 aliphatic rings. The summed E-state index contributed by atoms with van der Waals surface area (Å²) in [5.41, 5.74) is 0.334. The summed E-state index contributed by atoms with van der Waals surface area (Å²) in [7, 11) is 0. The summed E-state index contributed by atoms with van der Waals surface area (Å²) < 4.78 is 19.4. The molecule has 0 aliphatic carbocycles. The maximum absolute atomic E-state index is 13.0. The molecule has 124 valence electrons. The maximum atomic E-state index is 13.0. The molecule has 0 saturated carbocycles. The van der Waals surface area contributed by atoms with Crippen LogP contribution in [0.1, 0.15) is 12.0 Å². The predicted molar refractivity (Wildman–Crippen MR) is 89.7 cm³/mol. The Hall–Kier alpha value is -2.25. The van der Waals surface area contributed by atoms with Gasteiger partial charge in [0.2, 0.25) is 0 Å². The molecule has 0 unspecified atom stereocenters. The molecule has 0 atom stereocenters. The number of carbonyl (C=O) groups is 1. The van der Waals surface area contributed by atoms with Gasteiger partial charge in [0.05, 0.1) is 23.2 Å². The first kappa shape index (κ1) is 16.6. The van der Waals surface area contributed by atoms with Gasteiger partial charge in [-0.15, -0.1) is 11.3 Å². The van der Waals surface area contributed by atoms with Crippen molar-refractivity contribution in [2.45, 2.75) is 19.6 Å². The minimum atomic E-state index is -0.479. The van der Waals surface area contributed by atoms with E-state index in [0.717, 1.165) is 6.07 Å². The van der Waals surface area contributed by atoms with Crippen LogP contribution in [-0.4, -0.2) is 15.5 Å². The fraction of sp³-hybridized carbons (Fsp3) is 0.188. The molecule has 1 aromatic carbocycles.